The molecule has 0 atom stereocenters. The fourth-order valence-electron chi connectivity index (χ4n) is 10.8. The lowest BCUT2D eigenvalue weighted by atomic mass is 10.1. The monoisotopic (exact) mass is 912 g/mol. The minimum Gasteiger partial charge on any atom is -0.310 e. The van der Waals surface area contributed by atoms with Gasteiger partial charge in [0.15, 0.2) is 8.07 Å². The molecule has 12 aromatic rings. The molecule has 4 aromatic heterocycles. The fraction of sp³-hybridized carbons (Fsp3) is 0. The van der Waals surface area contributed by atoms with E-state index in [1.54, 1.807) is 0 Å². The van der Waals surface area contributed by atoms with Crippen LogP contribution in [-0.2, 0) is 0 Å². The molecule has 6 nitrogen and oxygen atoms in total. The molecule has 330 valence electrons. The zero-order valence-electron chi connectivity index (χ0n) is 38.1. The van der Waals surface area contributed by atoms with Crippen LogP contribution in [0.15, 0.2) is 267 Å². The van der Waals surface area contributed by atoms with Crippen LogP contribution in [-0.4, -0.2) is 27.6 Å². The zero-order chi connectivity index (χ0) is 46.4. The van der Waals surface area contributed by atoms with Gasteiger partial charge in [0.05, 0.1) is 22.4 Å². The van der Waals surface area contributed by atoms with Crippen molar-refractivity contribution in [3.05, 3.63) is 267 Å². The number of anilines is 6. The molecule has 7 heteroatoms. The van der Waals surface area contributed by atoms with E-state index in [1.807, 2.05) is 30.7 Å². The Morgan fingerprint density at radius 2 is 0.857 bits per heavy atom. The summed E-state index contributed by atoms with van der Waals surface area (Å²) >= 11 is 0. The maximum absolute atomic E-state index is 5.83. The van der Waals surface area contributed by atoms with Gasteiger partial charge in [-0.05, 0) is 105 Å². The number of nitrogens with zero attached hydrogens (tertiary/aromatic N) is 6. The molecule has 1 aliphatic heterocycles. The molecule has 70 heavy (non-hydrogen) atoms. The third kappa shape index (κ3) is 6.74. The van der Waals surface area contributed by atoms with Crippen molar-refractivity contribution < 1.29 is 0 Å². The maximum Gasteiger partial charge on any atom is 0.184 e. The van der Waals surface area contributed by atoms with E-state index < -0.39 is 8.07 Å². The Bertz CT molecular complexity index is 3600. The Kier molecular flexibility index (Phi) is 10.1. The Labute approximate surface area is 407 Å². The zero-order valence-corrected chi connectivity index (χ0v) is 39.1. The van der Waals surface area contributed by atoms with Gasteiger partial charge in [-0.3, -0.25) is 19.4 Å². The summed E-state index contributed by atoms with van der Waals surface area (Å²) in [5, 5.41) is 7.65. The number of hydrogen-bond donors (Lipinski definition) is 0. The van der Waals surface area contributed by atoms with Gasteiger partial charge >= 0.3 is 0 Å². The van der Waals surface area contributed by atoms with Crippen LogP contribution in [0.4, 0.5) is 34.3 Å². The molecule has 0 amide bonds. The summed E-state index contributed by atoms with van der Waals surface area (Å²) in [5.74, 6) is 1.62. The van der Waals surface area contributed by atoms with Crippen LogP contribution in [0.2, 0.25) is 0 Å². The lowest BCUT2D eigenvalue weighted by Gasteiger charge is -2.44. The van der Waals surface area contributed by atoms with Crippen LogP contribution < -0.4 is 30.5 Å². The number of fused-ring (bicyclic) bond motifs is 5. The Hall–Kier alpha value is -9.17. The summed E-state index contributed by atoms with van der Waals surface area (Å²) in [5.41, 5.74) is 11.6. The summed E-state index contributed by atoms with van der Waals surface area (Å²) in [6.07, 6.45) is 5.53. The molecule has 0 unspecified atom stereocenters. The van der Waals surface area contributed by atoms with Crippen LogP contribution in [0.5, 0.6) is 0 Å². The Morgan fingerprint density at radius 3 is 1.43 bits per heavy atom. The van der Waals surface area contributed by atoms with Crippen molar-refractivity contribution in [2.75, 3.05) is 9.80 Å². The summed E-state index contributed by atoms with van der Waals surface area (Å²) in [4.78, 5) is 19.6. The summed E-state index contributed by atoms with van der Waals surface area (Å²) in [6, 6.07) is 90.0. The third-order valence-corrected chi connectivity index (χ3v) is 18.7. The topological polar surface area (TPSA) is 50.1 Å². The number of aromatic nitrogens is 4. The molecule has 1 aliphatic rings. The molecule has 0 radical (unpaired) electrons. The van der Waals surface area contributed by atoms with E-state index >= 15 is 0 Å². The van der Waals surface area contributed by atoms with Crippen molar-refractivity contribution in [3.63, 3.8) is 0 Å². The van der Waals surface area contributed by atoms with Crippen LogP contribution in [0.1, 0.15) is 0 Å². The molecule has 0 saturated carbocycles. The second-order valence-corrected chi connectivity index (χ2v) is 21.4. The molecule has 0 fully saturated rings. The number of para-hydroxylation sites is 4. The molecule has 0 aliphatic carbocycles. The number of hydrogen-bond acceptors (Lipinski definition) is 5. The quantitative estimate of drug-likeness (QED) is 0.135. The first-order valence-electron chi connectivity index (χ1n) is 23.7. The van der Waals surface area contributed by atoms with Gasteiger partial charge in [0.1, 0.15) is 11.6 Å². The van der Waals surface area contributed by atoms with Crippen molar-refractivity contribution >= 4 is 84.9 Å². The van der Waals surface area contributed by atoms with Crippen LogP contribution >= 0.6 is 0 Å². The molecular weight excluding hydrogens is 869 g/mol. The number of benzene rings is 8. The molecule has 0 bridgehead atoms. The molecule has 13 rings (SSSR count). The van der Waals surface area contributed by atoms with Gasteiger partial charge < -0.3 is 4.90 Å². The van der Waals surface area contributed by atoms with Gasteiger partial charge in [-0.1, -0.05) is 164 Å². The summed E-state index contributed by atoms with van der Waals surface area (Å²) in [7, 11) is -2.89. The van der Waals surface area contributed by atoms with E-state index in [1.165, 1.54) is 31.5 Å². The van der Waals surface area contributed by atoms with E-state index in [9.17, 15) is 0 Å². The van der Waals surface area contributed by atoms with Crippen LogP contribution in [0, 0.1) is 0 Å². The molecule has 0 spiro atoms. The highest BCUT2D eigenvalue weighted by atomic mass is 28.3. The first-order chi connectivity index (χ1) is 34.7. The fourth-order valence-corrected chi connectivity index (χ4v) is 15.9. The van der Waals surface area contributed by atoms with Gasteiger partial charge in [0.25, 0.3) is 0 Å². The predicted octanol–water partition coefficient (Wildman–Crippen LogP) is 12.9. The van der Waals surface area contributed by atoms with Crippen molar-refractivity contribution in [2.24, 2.45) is 0 Å². The maximum atomic E-state index is 5.83. The highest BCUT2D eigenvalue weighted by molar-refractivity contribution is 7.21. The van der Waals surface area contributed by atoms with Gasteiger partial charge in [0, 0.05) is 69.8 Å². The lowest BCUT2D eigenvalue weighted by molar-refractivity contribution is 1.05. The minimum absolute atomic E-state index is 0.807. The van der Waals surface area contributed by atoms with Crippen molar-refractivity contribution in [1.82, 2.24) is 19.5 Å². The Morgan fingerprint density at radius 1 is 0.371 bits per heavy atom. The van der Waals surface area contributed by atoms with Gasteiger partial charge in [-0.25, -0.2) is 4.98 Å². The van der Waals surface area contributed by atoms with Gasteiger partial charge in [-0.15, -0.1) is 0 Å². The largest absolute Gasteiger partial charge is 0.310 e. The number of rotatable bonds is 9. The molecule has 0 N–H and O–H groups in total. The minimum atomic E-state index is -2.89. The first kappa shape index (κ1) is 41.0. The highest BCUT2D eigenvalue weighted by Gasteiger charge is 2.49. The lowest BCUT2D eigenvalue weighted by Crippen LogP contribution is -2.77. The Balaban J connectivity index is 1.09. The summed E-state index contributed by atoms with van der Waals surface area (Å²) in [6.45, 7) is 0. The molecular formula is C63H44N6Si. The van der Waals surface area contributed by atoms with Crippen molar-refractivity contribution in [2.45, 2.75) is 0 Å². The number of pyridine rings is 3. The van der Waals surface area contributed by atoms with Crippen molar-refractivity contribution in [3.8, 4) is 28.2 Å². The van der Waals surface area contributed by atoms with Crippen LogP contribution in [0.25, 0.3) is 50.0 Å². The van der Waals surface area contributed by atoms with E-state index in [-0.39, 0.29) is 0 Å². The van der Waals surface area contributed by atoms with E-state index in [4.69, 9.17) is 4.98 Å². The standard InChI is InChI=1S/C63H44N6Si/c1-3-17-51(18-4-1)70(52-19-5-2-6-20-52)60-28-13-11-26-58(60)69(59-27-12-14-29-61(59)70)63-44-50(43-62(66-63)68-56-24-9-7-21-53(56)54-22-8-10-25-57(54)68)67(48-34-30-45(31-35-48)46-38-41-64-42-39-46)49-36-32-47(33-37-49)55-23-15-16-40-65-55/h1-44H. The van der Waals surface area contributed by atoms with E-state index in [0.29, 0.717) is 0 Å². The van der Waals surface area contributed by atoms with E-state index in [0.717, 1.165) is 73.5 Å². The molecule has 0 saturated heterocycles. The molecule has 5 heterocycles. The van der Waals surface area contributed by atoms with Crippen molar-refractivity contribution in [1.29, 1.82) is 0 Å². The van der Waals surface area contributed by atoms with Crippen LogP contribution in [0.3, 0.4) is 0 Å². The SMILES string of the molecule is c1ccc([Si]2(c3ccccc3)c3ccccc3N(c3cc(N(c4ccc(-c5ccncc5)cc4)c4ccc(-c5ccccn5)cc4)cc(-n4c5ccccc5c5ccccc54)n3)c3ccccc32)cc1. The van der Waals surface area contributed by atoms with E-state index in [2.05, 4.69) is 261 Å². The highest BCUT2D eigenvalue weighted by Crippen LogP contribution is 2.44. The first-order valence-corrected chi connectivity index (χ1v) is 25.7. The normalized spacial score (nSPS) is 12.7. The average molecular weight is 913 g/mol. The van der Waals surface area contributed by atoms with Gasteiger partial charge in [0.2, 0.25) is 0 Å². The summed E-state index contributed by atoms with van der Waals surface area (Å²) < 4.78 is 2.33. The second kappa shape index (κ2) is 17.2. The average Bonchev–Trinajstić information content (AvgIpc) is 3.78. The second-order valence-electron chi connectivity index (χ2n) is 17.6. The van der Waals surface area contributed by atoms with Gasteiger partial charge in [-0.2, -0.15) is 0 Å². The smallest absolute Gasteiger partial charge is 0.184 e. The molecule has 8 aromatic carbocycles. The predicted molar refractivity (Wildman–Crippen MR) is 292 cm³/mol. The third-order valence-electron chi connectivity index (χ3n) is 13.8.